The number of hydrogen-bond donors (Lipinski definition) is 0. The second-order valence-electron chi connectivity index (χ2n) is 2.68. The molecule has 78 valence electrons. The van der Waals surface area contributed by atoms with Gasteiger partial charge in [-0.25, -0.2) is 0 Å². The molecule has 0 fully saturated rings. The van der Waals surface area contributed by atoms with Crippen molar-refractivity contribution in [2.75, 3.05) is 26.4 Å². The molecule has 0 aliphatic heterocycles. The van der Waals surface area contributed by atoms with E-state index in [4.69, 9.17) is 14.3 Å². The first-order chi connectivity index (χ1) is 6.24. The zero-order valence-electron chi connectivity index (χ0n) is 9.17. The van der Waals surface area contributed by atoms with Crippen LogP contribution in [0.25, 0.3) is 0 Å². The normalized spacial score (nSPS) is 10.8. The molecule has 5 heteroatoms. The molecule has 4 nitrogen and oxygen atoms in total. The Morgan fingerprint density at radius 3 is 1.00 bits per heavy atom. The molecule has 0 saturated heterocycles. The van der Waals surface area contributed by atoms with Crippen LogP contribution in [0.1, 0.15) is 27.7 Å². The molecule has 0 amide bonds. The van der Waals surface area contributed by atoms with Crippen molar-refractivity contribution in [1.29, 1.82) is 0 Å². The molecule has 13 heavy (non-hydrogen) atoms. The first-order valence-electron chi connectivity index (χ1n) is 5.14. The fourth-order valence-electron chi connectivity index (χ4n) is 1.35. The van der Waals surface area contributed by atoms with Gasteiger partial charge in [0.05, 0.1) is 0 Å². The molecule has 0 bridgehead atoms. The van der Waals surface area contributed by atoms with Crippen molar-refractivity contribution in [3.05, 3.63) is 0 Å². The molecule has 0 atom stereocenters. The quantitative estimate of drug-likeness (QED) is 0.613. The molecule has 0 N–H and O–H groups in total. The first-order valence-corrected chi connectivity index (χ1v) is 9.98. The van der Waals surface area contributed by atoms with E-state index in [2.05, 4.69) is 0 Å². The molecule has 0 aromatic rings. The van der Waals surface area contributed by atoms with Crippen LogP contribution in [-0.2, 0) is 30.5 Å². The maximum atomic E-state index is 5.50. The molecule has 0 radical (unpaired) electrons. The molecule has 0 aliphatic rings. The van der Waals surface area contributed by atoms with Gasteiger partial charge in [-0.05, 0) is 0 Å². The molecule has 0 aromatic heterocycles. The van der Waals surface area contributed by atoms with Gasteiger partial charge < -0.3 is 0 Å². The average Bonchev–Trinajstić information content (AvgIpc) is 2.06. The summed E-state index contributed by atoms with van der Waals surface area (Å²) in [6, 6.07) is 0. The third-order valence-electron chi connectivity index (χ3n) is 1.82. The molecule has 0 heterocycles. The summed E-state index contributed by atoms with van der Waals surface area (Å²) in [5.74, 6) is 0. The Morgan fingerprint density at radius 2 is 0.846 bits per heavy atom. The summed E-state index contributed by atoms with van der Waals surface area (Å²) >= 11 is -3.66. The van der Waals surface area contributed by atoms with E-state index in [1.165, 1.54) is 0 Å². The summed E-state index contributed by atoms with van der Waals surface area (Å²) in [5.41, 5.74) is 0. The second kappa shape index (κ2) is 7.83. The molecule has 0 saturated carbocycles. The van der Waals surface area contributed by atoms with Crippen LogP contribution in [0.15, 0.2) is 0 Å². The van der Waals surface area contributed by atoms with E-state index < -0.39 is 16.2 Å². The minimum atomic E-state index is -3.66. The Kier molecular flexibility index (Phi) is 8.11. The Bertz CT molecular complexity index is 91.2. The van der Waals surface area contributed by atoms with Crippen molar-refractivity contribution < 1.29 is 30.5 Å². The van der Waals surface area contributed by atoms with Crippen LogP contribution in [0.5, 0.6) is 0 Å². The van der Waals surface area contributed by atoms with E-state index in [0.29, 0.717) is 26.4 Å². The SMILES string of the molecule is CC[O][Zn]([O]CC)([O]CC)[O]CC. The zero-order chi connectivity index (χ0) is 10.2. The molecular formula is C8H20O4Zn. The third-order valence-corrected chi connectivity index (χ3v) is 9.44. The predicted molar refractivity (Wildman–Crippen MR) is 46.5 cm³/mol. The van der Waals surface area contributed by atoms with Crippen LogP contribution in [0, 0.1) is 0 Å². The van der Waals surface area contributed by atoms with Crippen molar-refractivity contribution in [3.8, 4) is 0 Å². The number of hydrogen-bond acceptors (Lipinski definition) is 4. The Morgan fingerprint density at radius 1 is 0.615 bits per heavy atom. The van der Waals surface area contributed by atoms with Crippen LogP contribution in [-0.4, -0.2) is 26.4 Å². The van der Waals surface area contributed by atoms with Crippen molar-refractivity contribution >= 4 is 0 Å². The second-order valence-corrected chi connectivity index (χ2v) is 9.07. The van der Waals surface area contributed by atoms with Crippen molar-refractivity contribution in [3.63, 3.8) is 0 Å². The van der Waals surface area contributed by atoms with Crippen LogP contribution >= 0.6 is 0 Å². The summed E-state index contributed by atoms with van der Waals surface area (Å²) in [6.45, 7) is 10.0. The van der Waals surface area contributed by atoms with Crippen molar-refractivity contribution in [2.45, 2.75) is 27.7 Å². The average molecular weight is 246 g/mol. The summed E-state index contributed by atoms with van der Waals surface area (Å²) in [5, 5.41) is 0. The van der Waals surface area contributed by atoms with Gasteiger partial charge in [0.1, 0.15) is 0 Å². The van der Waals surface area contributed by atoms with Crippen molar-refractivity contribution in [2.24, 2.45) is 0 Å². The molecule has 0 aromatic carbocycles. The van der Waals surface area contributed by atoms with E-state index in [9.17, 15) is 0 Å². The predicted octanol–water partition coefficient (Wildman–Crippen LogP) is 1.95. The summed E-state index contributed by atoms with van der Waals surface area (Å²) in [7, 11) is 0. The molecule has 0 spiro atoms. The monoisotopic (exact) mass is 244 g/mol. The summed E-state index contributed by atoms with van der Waals surface area (Å²) in [6.07, 6.45) is 0. The van der Waals surface area contributed by atoms with E-state index >= 15 is 0 Å². The van der Waals surface area contributed by atoms with Gasteiger partial charge in [0, 0.05) is 0 Å². The van der Waals surface area contributed by atoms with Crippen LogP contribution in [0.4, 0.5) is 0 Å². The van der Waals surface area contributed by atoms with Gasteiger partial charge in [-0.15, -0.1) is 0 Å². The van der Waals surface area contributed by atoms with Crippen molar-refractivity contribution in [1.82, 2.24) is 0 Å². The molecular weight excluding hydrogens is 225 g/mol. The van der Waals surface area contributed by atoms with E-state index in [1.807, 2.05) is 27.7 Å². The van der Waals surface area contributed by atoms with Gasteiger partial charge in [0.25, 0.3) is 0 Å². The Labute approximate surface area is 84.9 Å². The summed E-state index contributed by atoms with van der Waals surface area (Å²) in [4.78, 5) is 0. The first kappa shape index (κ1) is 13.5. The van der Waals surface area contributed by atoms with E-state index in [1.54, 1.807) is 0 Å². The fraction of sp³-hybridized carbons (Fsp3) is 1.00. The van der Waals surface area contributed by atoms with E-state index in [0.717, 1.165) is 0 Å². The van der Waals surface area contributed by atoms with E-state index in [-0.39, 0.29) is 0 Å². The van der Waals surface area contributed by atoms with Crippen LogP contribution < -0.4 is 0 Å². The topological polar surface area (TPSA) is 36.9 Å². The third kappa shape index (κ3) is 5.03. The van der Waals surface area contributed by atoms with Gasteiger partial charge in [0.2, 0.25) is 0 Å². The van der Waals surface area contributed by atoms with Gasteiger partial charge in [-0.2, -0.15) is 0 Å². The van der Waals surface area contributed by atoms with Gasteiger partial charge in [0.15, 0.2) is 0 Å². The van der Waals surface area contributed by atoms with Gasteiger partial charge >= 0.3 is 84.6 Å². The zero-order valence-corrected chi connectivity index (χ0v) is 12.1. The maximum absolute atomic E-state index is 5.50. The Balaban J connectivity index is 4.19. The standard InChI is InChI=1S/4C2H5O.Zn/c4*1-2-3;/h4*2H2,1H3;/q4*-1;+4. The summed E-state index contributed by atoms with van der Waals surface area (Å²) < 4.78 is 22.0. The van der Waals surface area contributed by atoms with Gasteiger partial charge in [-0.1, -0.05) is 0 Å². The fourth-order valence-corrected chi connectivity index (χ4v) is 7.03. The molecule has 0 aliphatic carbocycles. The van der Waals surface area contributed by atoms with Crippen LogP contribution in [0.2, 0.25) is 0 Å². The molecule has 0 unspecified atom stereocenters. The Hall–Kier alpha value is 0.463. The minimum absolute atomic E-state index is 0.583. The number of rotatable bonds is 8. The van der Waals surface area contributed by atoms with Gasteiger partial charge in [-0.3, -0.25) is 0 Å². The van der Waals surface area contributed by atoms with Crippen LogP contribution in [0.3, 0.4) is 0 Å². The molecule has 0 rings (SSSR count).